The lowest BCUT2D eigenvalue weighted by Gasteiger charge is -2.49. The fourth-order valence-corrected chi connectivity index (χ4v) is 5.08. The van der Waals surface area contributed by atoms with Crippen LogP contribution in [0.15, 0.2) is 30.5 Å². The molecule has 0 aliphatic carbocycles. The van der Waals surface area contributed by atoms with Crippen LogP contribution in [0, 0.1) is 5.92 Å². The molecule has 1 aromatic carbocycles. The molecule has 126 valence electrons. The average molecular weight is 362 g/mol. The molecule has 3 aliphatic heterocycles. The summed E-state index contributed by atoms with van der Waals surface area (Å²) in [5, 5.41) is 4.42. The van der Waals surface area contributed by atoms with Gasteiger partial charge in [-0.1, -0.05) is 29.8 Å². The van der Waals surface area contributed by atoms with Crippen LogP contribution < -0.4 is 5.32 Å². The summed E-state index contributed by atoms with van der Waals surface area (Å²) in [6.45, 7) is 4.53. The highest BCUT2D eigenvalue weighted by molar-refractivity contribution is 7.17. The monoisotopic (exact) mass is 361 g/mol. The second kappa shape index (κ2) is 6.47. The molecule has 2 aromatic rings. The third kappa shape index (κ3) is 2.85. The molecule has 3 saturated heterocycles. The second-order valence-electron chi connectivity index (χ2n) is 6.62. The van der Waals surface area contributed by atoms with Crippen LogP contribution >= 0.6 is 22.9 Å². The first-order valence-electron chi connectivity index (χ1n) is 8.39. The van der Waals surface area contributed by atoms with E-state index in [0.29, 0.717) is 22.0 Å². The first-order valence-corrected chi connectivity index (χ1v) is 9.58. The number of thiazole rings is 1. The molecule has 4 nitrogen and oxygen atoms in total. The quantitative estimate of drug-likeness (QED) is 0.907. The van der Waals surface area contributed by atoms with Crippen LogP contribution in [0.25, 0.3) is 10.4 Å². The second-order valence-corrected chi connectivity index (χ2v) is 8.06. The molecule has 0 radical (unpaired) electrons. The van der Waals surface area contributed by atoms with Gasteiger partial charge in [-0.25, -0.2) is 4.98 Å². The maximum atomic E-state index is 12.6. The Morgan fingerprint density at radius 1 is 1.33 bits per heavy atom. The van der Waals surface area contributed by atoms with E-state index in [1.807, 2.05) is 24.3 Å². The number of amides is 1. The first-order chi connectivity index (χ1) is 11.6. The number of carbonyl (C=O) groups is 1. The maximum absolute atomic E-state index is 12.6. The van der Waals surface area contributed by atoms with Gasteiger partial charge in [0.2, 0.25) is 0 Å². The molecule has 6 heteroatoms. The Balaban J connectivity index is 1.51. The van der Waals surface area contributed by atoms with Gasteiger partial charge in [0.1, 0.15) is 0 Å². The number of carbonyl (C=O) groups excluding carboxylic acids is 1. The van der Waals surface area contributed by atoms with E-state index in [9.17, 15) is 4.79 Å². The van der Waals surface area contributed by atoms with Gasteiger partial charge in [0.25, 0.3) is 5.91 Å². The van der Waals surface area contributed by atoms with Crippen molar-refractivity contribution in [2.24, 2.45) is 5.92 Å². The van der Waals surface area contributed by atoms with Gasteiger partial charge in [0.05, 0.1) is 4.88 Å². The van der Waals surface area contributed by atoms with E-state index in [4.69, 9.17) is 11.6 Å². The molecular formula is C18H20ClN3OS. The first kappa shape index (κ1) is 16.1. The molecule has 5 rings (SSSR count). The van der Waals surface area contributed by atoms with Crippen LogP contribution in [-0.4, -0.2) is 41.0 Å². The Morgan fingerprint density at radius 3 is 2.79 bits per heavy atom. The molecule has 0 spiro atoms. The lowest BCUT2D eigenvalue weighted by molar-refractivity contribution is 0.0217. The van der Waals surface area contributed by atoms with Crippen LogP contribution in [0.5, 0.6) is 0 Å². The van der Waals surface area contributed by atoms with Crippen molar-refractivity contribution in [3.8, 4) is 10.4 Å². The predicted octanol–water partition coefficient (Wildman–Crippen LogP) is 3.68. The molecule has 2 unspecified atom stereocenters. The van der Waals surface area contributed by atoms with E-state index in [-0.39, 0.29) is 11.9 Å². The summed E-state index contributed by atoms with van der Waals surface area (Å²) >= 11 is 7.63. The predicted molar refractivity (Wildman–Crippen MR) is 97.6 cm³/mol. The zero-order valence-corrected chi connectivity index (χ0v) is 15.1. The molecule has 24 heavy (non-hydrogen) atoms. The van der Waals surface area contributed by atoms with Gasteiger partial charge in [-0.2, -0.15) is 0 Å². The Hall–Kier alpha value is -1.43. The summed E-state index contributed by atoms with van der Waals surface area (Å²) in [4.78, 5) is 20.4. The number of aromatic nitrogens is 1. The van der Waals surface area contributed by atoms with Crippen LogP contribution in [0.4, 0.5) is 0 Å². The number of halogens is 1. The van der Waals surface area contributed by atoms with Gasteiger partial charge >= 0.3 is 0 Å². The van der Waals surface area contributed by atoms with Crippen LogP contribution in [0.1, 0.15) is 29.6 Å². The van der Waals surface area contributed by atoms with Crippen molar-refractivity contribution >= 4 is 28.8 Å². The largest absolute Gasteiger partial charge is 0.345 e. The third-order valence-corrected chi connectivity index (χ3v) is 6.67. The van der Waals surface area contributed by atoms with Crippen LogP contribution in [-0.2, 0) is 0 Å². The van der Waals surface area contributed by atoms with Crippen molar-refractivity contribution in [2.75, 3.05) is 13.1 Å². The number of piperidine rings is 3. The highest BCUT2D eigenvalue weighted by Gasteiger charge is 2.40. The smallest absolute Gasteiger partial charge is 0.280 e. The van der Waals surface area contributed by atoms with Crippen molar-refractivity contribution in [3.05, 3.63) is 40.5 Å². The Morgan fingerprint density at radius 2 is 2.08 bits per heavy atom. The summed E-state index contributed by atoms with van der Waals surface area (Å²) in [6, 6.07) is 8.28. The van der Waals surface area contributed by atoms with Crippen molar-refractivity contribution in [1.29, 1.82) is 0 Å². The molecule has 0 saturated carbocycles. The van der Waals surface area contributed by atoms with E-state index in [2.05, 4.69) is 22.1 Å². The zero-order chi connectivity index (χ0) is 16.7. The highest BCUT2D eigenvalue weighted by Crippen LogP contribution is 2.34. The van der Waals surface area contributed by atoms with Gasteiger partial charge in [-0.15, -0.1) is 11.3 Å². The fraction of sp³-hybridized carbons (Fsp3) is 0.444. The maximum Gasteiger partial charge on any atom is 0.280 e. The number of fused-ring (bicyclic) bond motifs is 3. The summed E-state index contributed by atoms with van der Waals surface area (Å²) in [5.74, 6) is 0.529. The van der Waals surface area contributed by atoms with Gasteiger partial charge in [0, 0.05) is 28.9 Å². The lowest BCUT2D eigenvalue weighted by Crippen LogP contribution is -2.62. The average Bonchev–Trinajstić information content (AvgIpc) is 3.09. The number of hydrogen-bond donors (Lipinski definition) is 1. The van der Waals surface area contributed by atoms with Gasteiger partial charge in [0.15, 0.2) is 5.01 Å². The molecule has 1 amide bonds. The Bertz CT molecular complexity index is 752. The van der Waals surface area contributed by atoms with E-state index >= 15 is 0 Å². The Kier molecular flexibility index (Phi) is 4.33. The summed E-state index contributed by atoms with van der Waals surface area (Å²) in [6.07, 6.45) is 4.09. The fourth-order valence-electron chi connectivity index (χ4n) is 3.92. The molecule has 2 atom stereocenters. The number of nitrogens with one attached hydrogen (secondary N) is 1. The normalized spacial score (nSPS) is 28.8. The molecule has 4 heterocycles. The van der Waals surface area contributed by atoms with Gasteiger partial charge < -0.3 is 5.32 Å². The SMILES string of the molecule is CC1C(NC(=O)c2ncc(-c3ccccc3Cl)s2)C2CCN1CC2. The summed E-state index contributed by atoms with van der Waals surface area (Å²) < 4.78 is 0. The van der Waals surface area contributed by atoms with Gasteiger partial charge in [-0.05, 0) is 44.8 Å². The molecule has 3 aliphatic rings. The molecule has 3 fully saturated rings. The lowest BCUT2D eigenvalue weighted by atomic mass is 9.79. The summed E-state index contributed by atoms with van der Waals surface area (Å²) in [7, 11) is 0. The van der Waals surface area contributed by atoms with Crippen LogP contribution in [0.2, 0.25) is 5.02 Å². The molecule has 1 N–H and O–H groups in total. The van der Waals surface area contributed by atoms with Crippen molar-refractivity contribution in [2.45, 2.75) is 31.8 Å². The minimum Gasteiger partial charge on any atom is -0.345 e. The topological polar surface area (TPSA) is 45.2 Å². The molecule has 2 bridgehead atoms. The van der Waals surface area contributed by atoms with E-state index in [0.717, 1.165) is 23.5 Å². The van der Waals surface area contributed by atoms with E-state index in [1.165, 1.54) is 24.2 Å². The minimum atomic E-state index is -0.0658. The minimum absolute atomic E-state index is 0.0658. The van der Waals surface area contributed by atoms with Crippen molar-refractivity contribution < 1.29 is 4.79 Å². The van der Waals surface area contributed by atoms with E-state index < -0.39 is 0 Å². The number of rotatable bonds is 3. The van der Waals surface area contributed by atoms with Crippen molar-refractivity contribution in [3.63, 3.8) is 0 Å². The van der Waals surface area contributed by atoms with E-state index in [1.54, 1.807) is 6.20 Å². The van der Waals surface area contributed by atoms with Crippen molar-refractivity contribution in [1.82, 2.24) is 15.2 Å². The number of hydrogen-bond acceptors (Lipinski definition) is 4. The highest BCUT2D eigenvalue weighted by atomic mass is 35.5. The zero-order valence-electron chi connectivity index (χ0n) is 13.5. The molecular weight excluding hydrogens is 342 g/mol. The standard InChI is InChI=1S/C18H20ClN3OS/c1-11-16(12-6-8-22(11)9-7-12)21-17(23)18-20-10-15(24-18)13-4-2-3-5-14(13)19/h2-5,10-12,16H,6-9H2,1H3,(H,21,23). The Labute approximate surface area is 150 Å². The van der Waals surface area contributed by atoms with Gasteiger partial charge in [-0.3, -0.25) is 9.69 Å². The number of benzene rings is 1. The van der Waals surface area contributed by atoms with Crippen LogP contribution in [0.3, 0.4) is 0 Å². The summed E-state index contributed by atoms with van der Waals surface area (Å²) in [5.41, 5.74) is 0.923. The number of nitrogens with zero attached hydrogens (tertiary/aromatic N) is 2. The molecule has 1 aromatic heterocycles. The third-order valence-electron chi connectivity index (χ3n) is 5.31.